The lowest BCUT2D eigenvalue weighted by Gasteiger charge is -2.15. The van der Waals surface area contributed by atoms with E-state index in [2.05, 4.69) is 26.8 Å². The number of aromatic nitrogens is 2. The molecule has 1 atom stereocenters. The molecule has 1 aliphatic rings. The van der Waals surface area contributed by atoms with E-state index >= 15 is 0 Å². The van der Waals surface area contributed by atoms with Crippen molar-refractivity contribution >= 4 is 21.6 Å². The number of nitrogens with zero attached hydrogens (tertiary/aromatic N) is 4. The number of rotatable bonds is 6. The summed E-state index contributed by atoms with van der Waals surface area (Å²) in [4.78, 5) is 4.14. The Bertz CT molecular complexity index is 1020. The van der Waals surface area contributed by atoms with E-state index < -0.39 is 9.84 Å². The summed E-state index contributed by atoms with van der Waals surface area (Å²) in [6, 6.07) is 11.5. The second-order valence-electron chi connectivity index (χ2n) is 6.91. The molecule has 4 N–H and O–H groups in total. The number of nitrogens with one attached hydrogen (secondary N) is 2. The van der Waals surface area contributed by atoms with Gasteiger partial charge in [0.1, 0.15) is 17.5 Å². The van der Waals surface area contributed by atoms with Gasteiger partial charge in [0.2, 0.25) is 0 Å². The SMILES string of the molecule is CN=C(NCCCc1nn(-c2ccccc2)c(N)c1C#N)NC1CCS(=O)(=O)C1. The van der Waals surface area contributed by atoms with Crippen LogP contribution in [0.5, 0.6) is 0 Å². The lowest BCUT2D eigenvalue weighted by atomic mass is 10.1. The van der Waals surface area contributed by atoms with Gasteiger partial charge < -0.3 is 16.4 Å². The average molecular weight is 416 g/mol. The Morgan fingerprint density at radius 1 is 1.41 bits per heavy atom. The summed E-state index contributed by atoms with van der Waals surface area (Å²) >= 11 is 0. The summed E-state index contributed by atoms with van der Waals surface area (Å²) in [5, 5.41) is 20.3. The maximum Gasteiger partial charge on any atom is 0.191 e. The number of guanidine groups is 1. The van der Waals surface area contributed by atoms with Crippen molar-refractivity contribution in [2.75, 3.05) is 30.8 Å². The highest BCUT2D eigenvalue weighted by Gasteiger charge is 2.28. The highest BCUT2D eigenvalue weighted by Crippen LogP contribution is 2.21. The number of anilines is 1. The molecule has 3 rings (SSSR count). The Kier molecular flexibility index (Phi) is 6.39. The Hall–Kier alpha value is -3.06. The van der Waals surface area contributed by atoms with Gasteiger partial charge in [-0.05, 0) is 31.4 Å². The van der Waals surface area contributed by atoms with Gasteiger partial charge in [0, 0.05) is 19.6 Å². The van der Waals surface area contributed by atoms with Gasteiger partial charge in [-0.15, -0.1) is 0 Å². The Labute approximate surface area is 170 Å². The van der Waals surface area contributed by atoms with Crippen LogP contribution in [0.3, 0.4) is 0 Å². The van der Waals surface area contributed by atoms with Gasteiger partial charge in [0.05, 0.1) is 22.9 Å². The number of nitrogen functional groups attached to an aromatic ring is 1. The van der Waals surface area contributed by atoms with Crippen molar-refractivity contribution in [3.63, 3.8) is 0 Å². The summed E-state index contributed by atoms with van der Waals surface area (Å²) in [6.07, 6.45) is 1.88. The third-order valence-corrected chi connectivity index (χ3v) is 6.55. The van der Waals surface area contributed by atoms with E-state index in [0.717, 1.165) is 5.69 Å². The molecule has 1 fully saturated rings. The van der Waals surface area contributed by atoms with E-state index in [-0.39, 0.29) is 17.5 Å². The molecule has 9 nitrogen and oxygen atoms in total. The van der Waals surface area contributed by atoms with E-state index in [1.165, 1.54) is 0 Å². The number of nitriles is 1. The first-order valence-corrected chi connectivity index (χ1v) is 11.3. The van der Waals surface area contributed by atoms with E-state index in [1.54, 1.807) is 11.7 Å². The monoisotopic (exact) mass is 415 g/mol. The molecule has 1 unspecified atom stereocenters. The zero-order chi connectivity index (χ0) is 20.9. The molecule has 1 saturated heterocycles. The predicted octanol–water partition coefficient (Wildman–Crippen LogP) is 0.611. The number of hydrogen-bond donors (Lipinski definition) is 3. The number of aryl methyl sites for hydroxylation is 1. The molecule has 0 saturated carbocycles. The molecule has 0 radical (unpaired) electrons. The van der Waals surface area contributed by atoms with Crippen LogP contribution < -0.4 is 16.4 Å². The van der Waals surface area contributed by atoms with Crippen LogP contribution in [0.2, 0.25) is 0 Å². The van der Waals surface area contributed by atoms with Crippen molar-refractivity contribution in [1.82, 2.24) is 20.4 Å². The van der Waals surface area contributed by atoms with Gasteiger partial charge in [-0.2, -0.15) is 10.4 Å². The molecule has 1 aromatic heterocycles. The molecule has 29 heavy (non-hydrogen) atoms. The average Bonchev–Trinajstić information content (AvgIpc) is 3.22. The second kappa shape index (κ2) is 8.96. The summed E-state index contributed by atoms with van der Waals surface area (Å²) in [5.74, 6) is 1.25. The topological polar surface area (TPSA) is 138 Å². The summed E-state index contributed by atoms with van der Waals surface area (Å²) < 4.78 is 24.7. The molecule has 10 heteroatoms. The third-order valence-electron chi connectivity index (χ3n) is 4.79. The van der Waals surface area contributed by atoms with Crippen molar-refractivity contribution < 1.29 is 8.42 Å². The zero-order valence-corrected chi connectivity index (χ0v) is 17.1. The number of sulfone groups is 1. The standard InChI is InChI=1S/C19H25N7O2S/c1-22-19(24-14-9-11-29(27,28)13-14)23-10-5-8-17-16(12-20)18(21)26(25-17)15-6-3-2-4-7-15/h2-4,6-7,14H,5,8-11,13,21H2,1H3,(H2,22,23,24). The molecule has 0 amide bonds. The first-order chi connectivity index (χ1) is 13.9. The number of benzene rings is 1. The molecule has 1 aromatic carbocycles. The number of aliphatic imine (C=N–C) groups is 1. The van der Waals surface area contributed by atoms with Crippen LogP contribution in [0.25, 0.3) is 5.69 Å². The second-order valence-corrected chi connectivity index (χ2v) is 9.14. The molecule has 1 aliphatic heterocycles. The smallest absolute Gasteiger partial charge is 0.191 e. The lowest BCUT2D eigenvalue weighted by Crippen LogP contribution is -2.44. The van der Waals surface area contributed by atoms with Crippen LogP contribution in [-0.2, 0) is 16.3 Å². The van der Waals surface area contributed by atoms with Gasteiger partial charge >= 0.3 is 0 Å². The highest BCUT2D eigenvalue weighted by atomic mass is 32.2. The third kappa shape index (κ3) is 5.06. The van der Waals surface area contributed by atoms with Crippen LogP contribution in [-0.4, -0.2) is 55.3 Å². The lowest BCUT2D eigenvalue weighted by molar-refractivity contribution is 0.599. The molecule has 154 valence electrons. The molecule has 0 spiro atoms. The Morgan fingerprint density at radius 2 is 2.17 bits per heavy atom. The fourth-order valence-corrected chi connectivity index (χ4v) is 4.97. The molecule has 0 aliphatic carbocycles. The maximum atomic E-state index is 11.6. The van der Waals surface area contributed by atoms with Gasteiger partial charge in [-0.3, -0.25) is 4.99 Å². The molecular formula is C19H25N7O2S. The minimum Gasteiger partial charge on any atom is -0.382 e. The van der Waals surface area contributed by atoms with E-state index in [4.69, 9.17) is 5.73 Å². The van der Waals surface area contributed by atoms with Crippen LogP contribution in [0, 0.1) is 11.3 Å². The quantitative estimate of drug-likeness (QED) is 0.357. The molecule has 0 bridgehead atoms. The van der Waals surface area contributed by atoms with Gasteiger partial charge in [-0.25, -0.2) is 13.1 Å². The molecule has 2 heterocycles. The Balaban J connectivity index is 1.56. The minimum atomic E-state index is -2.94. The van der Waals surface area contributed by atoms with Crippen molar-refractivity contribution in [2.45, 2.75) is 25.3 Å². The van der Waals surface area contributed by atoms with E-state index in [9.17, 15) is 13.7 Å². The van der Waals surface area contributed by atoms with Crippen molar-refractivity contribution in [3.8, 4) is 11.8 Å². The maximum absolute atomic E-state index is 11.6. The minimum absolute atomic E-state index is 0.113. The van der Waals surface area contributed by atoms with E-state index in [0.29, 0.717) is 48.8 Å². The highest BCUT2D eigenvalue weighted by molar-refractivity contribution is 7.91. The predicted molar refractivity (Wildman–Crippen MR) is 113 cm³/mol. The summed E-state index contributed by atoms with van der Waals surface area (Å²) in [7, 11) is -1.29. The zero-order valence-electron chi connectivity index (χ0n) is 16.3. The first kappa shape index (κ1) is 20.7. The molecular weight excluding hydrogens is 390 g/mol. The fourth-order valence-electron chi connectivity index (χ4n) is 3.30. The summed E-state index contributed by atoms with van der Waals surface area (Å²) in [6.45, 7) is 0.599. The van der Waals surface area contributed by atoms with Crippen LogP contribution in [0.4, 0.5) is 5.82 Å². The largest absolute Gasteiger partial charge is 0.382 e. The van der Waals surface area contributed by atoms with Crippen molar-refractivity contribution in [3.05, 3.63) is 41.6 Å². The molecule has 2 aromatic rings. The number of nitrogens with two attached hydrogens (primary N) is 1. The number of hydrogen-bond acceptors (Lipinski definition) is 6. The van der Waals surface area contributed by atoms with Crippen molar-refractivity contribution in [1.29, 1.82) is 5.26 Å². The van der Waals surface area contributed by atoms with Crippen LogP contribution in [0.15, 0.2) is 35.3 Å². The van der Waals surface area contributed by atoms with Gasteiger partial charge in [0.25, 0.3) is 0 Å². The van der Waals surface area contributed by atoms with Gasteiger partial charge in [0.15, 0.2) is 15.8 Å². The van der Waals surface area contributed by atoms with Crippen LogP contribution >= 0.6 is 0 Å². The number of para-hydroxylation sites is 1. The Morgan fingerprint density at radius 3 is 2.79 bits per heavy atom. The van der Waals surface area contributed by atoms with Crippen molar-refractivity contribution in [2.24, 2.45) is 4.99 Å². The normalized spacial score (nSPS) is 18.3. The van der Waals surface area contributed by atoms with E-state index in [1.807, 2.05) is 30.3 Å². The van der Waals surface area contributed by atoms with Crippen LogP contribution in [0.1, 0.15) is 24.1 Å². The fraction of sp³-hybridized carbons (Fsp3) is 0.421. The summed E-state index contributed by atoms with van der Waals surface area (Å²) in [5.41, 5.74) is 7.97. The van der Waals surface area contributed by atoms with Gasteiger partial charge in [-0.1, -0.05) is 18.2 Å². The first-order valence-electron chi connectivity index (χ1n) is 9.44.